The molecule has 0 radical (unpaired) electrons. The SMILES string of the molecule is CCCCCCC(=O)NC(C(=O)NCC(=O)Nc1ccc(CBr)cc1P)C(C)C. The molecule has 0 bridgehead atoms. The van der Waals surface area contributed by atoms with Gasteiger partial charge in [-0.1, -0.05) is 62.0 Å². The molecule has 0 aliphatic carbocycles. The third-order valence-electron chi connectivity index (χ3n) is 4.49. The minimum Gasteiger partial charge on any atom is -0.345 e. The normalized spacial score (nSPS) is 11.8. The lowest BCUT2D eigenvalue weighted by molar-refractivity contribution is -0.130. The van der Waals surface area contributed by atoms with Gasteiger partial charge in [0.25, 0.3) is 0 Å². The number of benzene rings is 1. The number of nitrogens with one attached hydrogen (secondary N) is 3. The number of unbranched alkanes of at least 4 members (excludes halogenated alkanes) is 3. The molecule has 0 aliphatic rings. The summed E-state index contributed by atoms with van der Waals surface area (Å²) in [5.41, 5.74) is 1.78. The molecule has 162 valence electrons. The molecule has 2 atom stereocenters. The molecule has 0 aromatic heterocycles. The fourth-order valence-corrected chi connectivity index (χ4v) is 3.51. The van der Waals surface area contributed by atoms with E-state index in [2.05, 4.69) is 48.0 Å². The molecule has 0 heterocycles. The molecule has 3 N–H and O–H groups in total. The summed E-state index contributed by atoms with van der Waals surface area (Å²) in [6.07, 6.45) is 4.46. The number of rotatable bonds is 12. The predicted molar refractivity (Wildman–Crippen MR) is 126 cm³/mol. The van der Waals surface area contributed by atoms with E-state index in [9.17, 15) is 14.4 Å². The van der Waals surface area contributed by atoms with Gasteiger partial charge in [0.15, 0.2) is 0 Å². The molecule has 0 aliphatic heterocycles. The number of alkyl halides is 1. The van der Waals surface area contributed by atoms with Crippen LogP contribution >= 0.6 is 25.2 Å². The molecule has 29 heavy (non-hydrogen) atoms. The summed E-state index contributed by atoms with van der Waals surface area (Å²) < 4.78 is 0. The van der Waals surface area contributed by atoms with Crippen LogP contribution in [0.25, 0.3) is 0 Å². The monoisotopic (exact) mass is 485 g/mol. The van der Waals surface area contributed by atoms with Crippen molar-refractivity contribution in [3.05, 3.63) is 23.8 Å². The maximum Gasteiger partial charge on any atom is 0.243 e. The van der Waals surface area contributed by atoms with E-state index in [4.69, 9.17) is 0 Å². The molecule has 0 saturated heterocycles. The van der Waals surface area contributed by atoms with Gasteiger partial charge in [0.2, 0.25) is 17.7 Å². The lowest BCUT2D eigenvalue weighted by Crippen LogP contribution is -2.51. The van der Waals surface area contributed by atoms with Crippen molar-refractivity contribution in [3.8, 4) is 0 Å². The maximum absolute atomic E-state index is 12.5. The maximum atomic E-state index is 12.5. The standard InChI is InChI=1S/C21H33BrN3O3P/c1-4-5-6-7-8-18(26)25-20(14(2)3)21(28)23-13-19(27)24-16-10-9-15(12-22)11-17(16)29/h9-11,14,20H,4-8,12-13,29H2,1-3H3,(H,23,28)(H,24,27)(H,25,26). The van der Waals surface area contributed by atoms with Crippen LogP contribution in [-0.4, -0.2) is 30.3 Å². The van der Waals surface area contributed by atoms with Crippen LogP contribution in [0.5, 0.6) is 0 Å². The number of hydrogen-bond acceptors (Lipinski definition) is 3. The van der Waals surface area contributed by atoms with E-state index in [1.807, 2.05) is 32.0 Å². The van der Waals surface area contributed by atoms with Crippen LogP contribution in [0.1, 0.15) is 58.4 Å². The first-order chi connectivity index (χ1) is 13.8. The van der Waals surface area contributed by atoms with Gasteiger partial charge in [0.05, 0.1) is 6.54 Å². The van der Waals surface area contributed by atoms with E-state index >= 15 is 0 Å². The van der Waals surface area contributed by atoms with Crippen LogP contribution < -0.4 is 21.3 Å². The Labute approximate surface area is 184 Å². The second-order valence-electron chi connectivity index (χ2n) is 7.42. The zero-order valence-corrected chi connectivity index (χ0v) is 20.3. The van der Waals surface area contributed by atoms with E-state index in [0.29, 0.717) is 12.1 Å². The molecular formula is C21H33BrN3O3P. The number of carbonyl (C=O) groups excluding carboxylic acids is 3. The van der Waals surface area contributed by atoms with E-state index in [1.54, 1.807) is 0 Å². The van der Waals surface area contributed by atoms with Crippen molar-refractivity contribution in [2.75, 3.05) is 11.9 Å². The topological polar surface area (TPSA) is 87.3 Å². The van der Waals surface area contributed by atoms with E-state index in [1.165, 1.54) is 0 Å². The van der Waals surface area contributed by atoms with Crippen molar-refractivity contribution >= 4 is 53.9 Å². The van der Waals surface area contributed by atoms with E-state index in [0.717, 1.165) is 41.9 Å². The highest BCUT2D eigenvalue weighted by molar-refractivity contribution is 9.08. The Bertz CT molecular complexity index is 698. The summed E-state index contributed by atoms with van der Waals surface area (Å²) in [6.45, 7) is 5.70. The highest BCUT2D eigenvalue weighted by atomic mass is 79.9. The molecule has 8 heteroatoms. The van der Waals surface area contributed by atoms with Crippen LogP contribution in [-0.2, 0) is 19.7 Å². The Morgan fingerprint density at radius 2 is 1.83 bits per heavy atom. The predicted octanol–water partition coefficient (Wildman–Crippen LogP) is 3.25. The lowest BCUT2D eigenvalue weighted by Gasteiger charge is -2.21. The second-order valence-corrected chi connectivity index (χ2v) is 8.60. The van der Waals surface area contributed by atoms with Gasteiger partial charge in [0, 0.05) is 17.4 Å². The molecule has 2 unspecified atom stereocenters. The van der Waals surface area contributed by atoms with Gasteiger partial charge in [-0.3, -0.25) is 14.4 Å². The smallest absolute Gasteiger partial charge is 0.243 e. The molecule has 1 aromatic rings. The van der Waals surface area contributed by atoms with Crippen molar-refractivity contribution in [2.45, 2.75) is 64.2 Å². The fraction of sp³-hybridized carbons (Fsp3) is 0.571. The van der Waals surface area contributed by atoms with Crippen LogP contribution in [0.15, 0.2) is 18.2 Å². The summed E-state index contributed by atoms with van der Waals surface area (Å²) >= 11 is 3.40. The Kier molecular flexibility index (Phi) is 12.1. The van der Waals surface area contributed by atoms with Gasteiger partial charge in [-0.25, -0.2) is 0 Å². The second kappa shape index (κ2) is 13.7. The summed E-state index contributed by atoms with van der Waals surface area (Å²) in [7, 11) is 2.59. The number of carbonyl (C=O) groups is 3. The average Bonchev–Trinajstić information content (AvgIpc) is 2.68. The van der Waals surface area contributed by atoms with Crippen LogP contribution in [0.2, 0.25) is 0 Å². The molecular weight excluding hydrogens is 453 g/mol. The van der Waals surface area contributed by atoms with Crippen molar-refractivity contribution in [1.82, 2.24) is 10.6 Å². The van der Waals surface area contributed by atoms with Crippen LogP contribution in [0.4, 0.5) is 5.69 Å². The highest BCUT2D eigenvalue weighted by Crippen LogP contribution is 2.13. The molecule has 1 rings (SSSR count). The first-order valence-corrected chi connectivity index (χ1v) is 11.8. The van der Waals surface area contributed by atoms with Gasteiger partial charge in [-0.2, -0.15) is 0 Å². The fourth-order valence-electron chi connectivity index (χ4n) is 2.77. The largest absolute Gasteiger partial charge is 0.345 e. The van der Waals surface area contributed by atoms with Gasteiger partial charge in [-0.15, -0.1) is 9.24 Å². The first kappa shape index (κ1) is 25.6. The molecule has 6 nitrogen and oxygen atoms in total. The van der Waals surface area contributed by atoms with Gasteiger partial charge in [-0.05, 0) is 35.3 Å². The summed E-state index contributed by atoms with van der Waals surface area (Å²) in [5.74, 6) is -0.869. The average molecular weight is 486 g/mol. The highest BCUT2D eigenvalue weighted by Gasteiger charge is 2.24. The molecule has 0 fully saturated rings. The quantitative estimate of drug-likeness (QED) is 0.241. The van der Waals surface area contributed by atoms with Crippen molar-refractivity contribution in [1.29, 1.82) is 0 Å². The summed E-state index contributed by atoms with van der Waals surface area (Å²) in [6, 6.07) is 5.05. The number of amides is 3. The molecule has 0 saturated carbocycles. The molecule has 3 amide bonds. The number of anilines is 1. The third-order valence-corrected chi connectivity index (χ3v) is 5.62. The van der Waals surface area contributed by atoms with E-state index < -0.39 is 6.04 Å². The lowest BCUT2D eigenvalue weighted by atomic mass is 10.0. The molecule has 1 aromatic carbocycles. The van der Waals surface area contributed by atoms with Crippen molar-refractivity contribution < 1.29 is 14.4 Å². The molecule has 0 spiro atoms. The van der Waals surface area contributed by atoms with Gasteiger partial charge in [0.1, 0.15) is 6.04 Å². The summed E-state index contributed by atoms with van der Waals surface area (Å²) in [4.78, 5) is 36.8. The minimum atomic E-state index is -0.656. The first-order valence-electron chi connectivity index (χ1n) is 10.1. The third kappa shape index (κ3) is 9.72. The number of halogens is 1. The Morgan fingerprint density at radius 1 is 1.10 bits per heavy atom. The Morgan fingerprint density at radius 3 is 2.41 bits per heavy atom. The van der Waals surface area contributed by atoms with Crippen LogP contribution in [0, 0.1) is 5.92 Å². The number of hydrogen-bond donors (Lipinski definition) is 3. The van der Waals surface area contributed by atoms with Crippen molar-refractivity contribution in [2.24, 2.45) is 5.92 Å². The Hall–Kier alpha value is -1.46. The summed E-state index contributed by atoms with van der Waals surface area (Å²) in [5, 5.41) is 9.82. The Balaban J connectivity index is 2.51. The zero-order chi connectivity index (χ0) is 21.8. The van der Waals surface area contributed by atoms with Crippen LogP contribution in [0.3, 0.4) is 0 Å². The minimum absolute atomic E-state index is 0.0758. The zero-order valence-electron chi connectivity index (χ0n) is 17.5. The van der Waals surface area contributed by atoms with Crippen molar-refractivity contribution in [3.63, 3.8) is 0 Å². The van der Waals surface area contributed by atoms with E-state index in [-0.39, 0.29) is 30.2 Å². The van der Waals surface area contributed by atoms with Gasteiger partial charge >= 0.3 is 0 Å². The van der Waals surface area contributed by atoms with Gasteiger partial charge < -0.3 is 16.0 Å².